The van der Waals surface area contributed by atoms with Gasteiger partial charge in [0.2, 0.25) is 0 Å². The molecule has 0 saturated heterocycles. The highest BCUT2D eigenvalue weighted by atomic mass is 32.1. The molecular weight excluding hydrogens is 952 g/mol. The minimum Gasteiger partial charge on any atom is -0.311 e. The molecule has 2 aliphatic rings. The lowest BCUT2D eigenvalue weighted by Crippen LogP contribution is -2.61. The Morgan fingerprint density at radius 3 is 1.35 bits per heavy atom. The Morgan fingerprint density at radius 2 is 0.831 bits per heavy atom. The van der Waals surface area contributed by atoms with E-state index >= 15 is 0 Å². The molecule has 4 heterocycles. The number of thiazole rings is 1. The molecule has 12 rings (SSSR count). The minimum atomic E-state index is -0.153. The first kappa shape index (κ1) is 50.7. The van der Waals surface area contributed by atoms with Crippen molar-refractivity contribution >= 4 is 89.8 Å². The van der Waals surface area contributed by atoms with Crippen LogP contribution < -0.4 is 26.3 Å². The Labute approximate surface area is 462 Å². The van der Waals surface area contributed by atoms with Gasteiger partial charge in [-0.1, -0.05) is 230 Å². The van der Waals surface area contributed by atoms with E-state index < -0.39 is 0 Å². The van der Waals surface area contributed by atoms with E-state index in [0.717, 1.165) is 38.2 Å². The number of rotatable bonds is 5. The first-order valence-electron chi connectivity index (χ1n) is 27.7. The summed E-state index contributed by atoms with van der Waals surface area (Å²) in [5.41, 5.74) is 22.9. The number of benzene rings is 8. The maximum Gasteiger partial charge on any atom is 0.276 e. The molecule has 386 valence electrons. The third-order valence-electron chi connectivity index (χ3n) is 16.4. The van der Waals surface area contributed by atoms with Crippen molar-refractivity contribution in [3.63, 3.8) is 0 Å². The standard InChI is InChI=1S/C71H73BN4S/c1-67(2,3)47-30-28-45(29-31-47)44-24-26-46(27-25-44)65-73-64-66(77-65)76(53-39-50(70(10,11)12)38-51(40-53)71(13,14)15)62-43-54(75-58-22-18-16-20-55(58)56-21-17-19-23-59(56)75)42-61-63(62)72(64)57-41-49(69(7,8)9)34-37-60(57)74(61)52-35-32-48(33-36-52)68(4,5)6/h16-43H,1-15H3. The van der Waals surface area contributed by atoms with Crippen LogP contribution in [0.4, 0.5) is 33.4 Å². The van der Waals surface area contributed by atoms with Crippen molar-refractivity contribution in [3.8, 4) is 27.4 Å². The maximum absolute atomic E-state index is 5.94. The lowest BCUT2D eigenvalue weighted by atomic mass is 9.35. The van der Waals surface area contributed by atoms with Gasteiger partial charge in [0.25, 0.3) is 6.71 Å². The largest absolute Gasteiger partial charge is 0.311 e. The monoisotopic (exact) mass is 1020 g/mol. The van der Waals surface area contributed by atoms with E-state index in [2.05, 4.69) is 288 Å². The zero-order valence-corrected chi connectivity index (χ0v) is 48.8. The number of aromatic nitrogens is 2. The lowest BCUT2D eigenvalue weighted by molar-refractivity contribution is 0.569. The molecule has 0 radical (unpaired) electrons. The van der Waals surface area contributed by atoms with Gasteiger partial charge in [0, 0.05) is 44.8 Å². The van der Waals surface area contributed by atoms with Crippen LogP contribution in [0.5, 0.6) is 0 Å². The third kappa shape index (κ3) is 8.72. The van der Waals surface area contributed by atoms with Crippen molar-refractivity contribution in [1.82, 2.24) is 9.55 Å². The van der Waals surface area contributed by atoms with Crippen molar-refractivity contribution in [2.45, 2.75) is 131 Å². The van der Waals surface area contributed by atoms with Crippen molar-refractivity contribution in [2.24, 2.45) is 0 Å². The Bertz CT molecular complexity index is 3850. The number of anilines is 6. The molecule has 2 aliphatic heterocycles. The summed E-state index contributed by atoms with van der Waals surface area (Å²) in [6, 6.07) is 65.1. The van der Waals surface area contributed by atoms with Gasteiger partial charge in [-0.3, -0.25) is 0 Å². The van der Waals surface area contributed by atoms with Crippen molar-refractivity contribution < 1.29 is 0 Å². The maximum atomic E-state index is 5.94. The second kappa shape index (κ2) is 17.7. The van der Waals surface area contributed by atoms with E-state index in [0.29, 0.717) is 0 Å². The molecule has 0 amide bonds. The van der Waals surface area contributed by atoms with Crippen LogP contribution in [0.1, 0.15) is 132 Å². The number of hydrogen-bond donors (Lipinski definition) is 0. The fraction of sp³-hybridized carbons (Fsp3) is 0.282. The predicted octanol–water partition coefficient (Wildman–Crippen LogP) is 18.1. The highest BCUT2D eigenvalue weighted by Gasteiger charge is 2.47. The Hall–Kier alpha value is -7.15. The van der Waals surface area contributed by atoms with Crippen LogP contribution in [0.15, 0.2) is 170 Å². The molecule has 77 heavy (non-hydrogen) atoms. The van der Waals surface area contributed by atoms with Crippen LogP contribution in [-0.4, -0.2) is 16.3 Å². The summed E-state index contributed by atoms with van der Waals surface area (Å²) in [4.78, 5) is 11.1. The number of nitrogens with zero attached hydrogens (tertiary/aromatic N) is 4. The first-order valence-corrected chi connectivity index (χ1v) is 28.5. The first-order chi connectivity index (χ1) is 36.3. The topological polar surface area (TPSA) is 24.3 Å². The molecule has 0 atom stereocenters. The van der Waals surface area contributed by atoms with Gasteiger partial charge in [0.1, 0.15) is 10.0 Å². The van der Waals surface area contributed by atoms with E-state index in [1.165, 1.54) is 88.7 Å². The molecule has 0 N–H and O–H groups in total. The van der Waals surface area contributed by atoms with Gasteiger partial charge in [0.05, 0.1) is 22.3 Å². The van der Waals surface area contributed by atoms with Crippen LogP contribution in [0, 0.1) is 0 Å². The van der Waals surface area contributed by atoms with Crippen LogP contribution in [-0.2, 0) is 27.1 Å². The highest BCUT2D eigenvalue weighted by Crippen LogP contribution is 2.50. The summed E-state index contributed by atoms with van der Waals surface area (Å²) >= 11 is 1.83. The SMILES string of the molecule is CC(C)(C)c1ccc(-c2ccc(-c3nc4c(s3)N(c3cc(C(C)(C)C)cc(C(C)(C)C)c3)c3cc(-n5c6ccccc6c6ccccc65)cc5c3B4c3cc(C(C)(C)C)ccc3N5c3ccc(C(C)(C)C)cc3)cc2)cc1. The summed E-state index contributed by atoms with van der Waals surface area (Å²) in [6.45, 7) is 34.7. The van der Waals surface area contributed by atoms with Crippen LogP contribution in [0.2, 0.25) is 0 Å². The van der Waals surface area contributed by atoms with Gasteiger partial charge in [0.15, 0.2) is 0 Å². The molecule has 8 aromatic carbocycles. The summed E-state index contributed by atoms with van der Waals surface area (Å²) in [6.07, 6.45) is 0. The van der Waals surface area contributed by atoms with Gasteiger partial charge >= 0.3 is 0 Å². The molecule has 0 bridgehead atoms. The average Bonchev–Trinajstić information content (AvgIpc) is 4.22. The van der Waals surface area contributed by atoms with E-state index in [1.807, 2.05) is 11.3 Å². The Morgan fingerprint density at radius 1 is 0.377 bits per heavy atom. The molecule has 0 aliphatic carbocycles. The third-order valence-corrected chi connectivity index (χ3v) is 17.5. The van der Waals surface area contributed by atoms with Gasteiger partial charge < -0.3 is 14.4 Å². The normalized spacial score (nSPS) is 13.8. The fourth-order valence-electron chi connectivity index (χ4n) is 11.8. The summed E-state index contributed by atoms with van der Waals surface area (Å²) < 4.78 is 2.51. The molecule has 2 aromatic heterocycles. The molecule has 0 saturated carbocycles. The van der Waals surface area contributed by atoms with Crippen molar-refractivity contribution in [3.05, 3.63) is 198 Å². The molecule has 0 unspecified atom stereocenters. The van der Waals surface area contributed by atoms with Gasteiger partial charge in [-0.25, -0.2) is 4.98 Å². The molecule has 10 aromatic rings. The quantitative estimate of drug-likeness (QED) is 0.161. The second-order valence-corrected chi connectivity index (χ2v) is 28.1. The van der Waals surface area contributed by atoms with Gasteiger partial charge in [-0.05, 0) is 132 Å². The zero-order chi connectivity index (χ0) is 54.3. The number of hydrogen-bond acceptors (Lipinski definition) is 4. The van der Waals surface area contributed by atoms with Crippen molar-refractivity contribution in [1.29, 1.82) is 0 Å². The molecule has 4 nitrogen and oxygen atoms in total. The number of para-hydroxylation sites is 2. The van der Waals surface area contributed by atoms with Gasteiger partial charge in [-0.15, -0.1) is 0 Å². The van der Waals surface area contributed by atoms with E-state index in [4.69, 9.17) is 4.98 Å². The zero-order valence-electron chi connectivity index (χ0n) is 47.9. The second-order valence-electron chi connectivity index (χ2n) is 27.1. The van der Waals surface area contributed by atoms with Crippen molar-refractivity contribution in [2.75, 3.05) is 9.80 Å². The summed E-state index contributed by atoms with van der Waals surface area (Å²) in [7, 11) is 0. The van der Waals surface area contributed by atoms with Crippen LogP contribution in [0.3, 0.4) is 0 Å². The number of fused-ring (bicyclic) bond motifs is 7. The van der Waals surface area contributed by atoms with Crippen LogP contribution in [0.25, 0.3) is 49.2 Å². The highest BCUT2D eigenvalue weighted by molar-refractivity contribution is 7.22. The Kier molecular flexibility index (Phi) is 11.6. The summed E-state index contributed by atoms with van der Waals surface area (Å²) in [5, 5.41) is 4.66. The lowest BCUT2D eigenvalue weighted by Gasteiger charge is -2.43. The summed E-state index contributed by atoms with van der Waals surface area (Å²) in [5.74, 6) is 0. The average molecular weight is 1030 g/mol. The van der Waals surface area contributed by atoms with Gasteiger partial charge in [-0.2, -0.15) is 0 Å². The Balaban J connectivity index is 1.18. The minimum absolute atomic E-state index is 0.00536. The predicted molar refractivity (Wildman–Crippen MR) is 335 cm³/mol. The molecule has 0 fully saturated rings. The van der Waals surface area contributed by atoms with E-state index in [9.17, 15) is 0 Å². The molecule has 6 heteroatoms. The van der Waals surface area contributed by atoms with E-state index in [1.54, 1.807) is 0 Å². The van der Waals surface area contributed by atoms with Crippen LogP contribution >= 0.6 is 11.3 Å². The smallest absolute Gasteiger partial charge is 0.276 e. The molecular formula is C71H73BN4S. The van der Waals surface area contributed by atoms with E-state index in [-0.39, 0.29) is 33.8 Å². The fourth-order valence-corrected chi connectivity index (χ4v) is 12.9. The molecule has 0 spiro atoms.